The number of hydrogen-bond acceptors (Lipinski definition) is 7. The van der Waals surface area contributed by atoms with Crippen molar-refractivity contribution in [1.29, 1.82) is 0 Å². The predicted molar refractivity (Wildman–Crippen MR) is 114 cm³/mol. The van der Waals surface area contributed by atoms with E-state index in [1.165, 1.54) is 0 Å². The summed E-state index contributed by atoms with van der Waals surface area (Å²) in [5, 5.41) is 12.2. The average molecular weight is 422 g/mol. The Hall–Kier alpha value is -3.46. The molecule has 0 unspecified atom stereocenters. The van der Waals surface area contributed by atoms with Gasteiger partial charge in [0.1, 0.15) is 11.5 Å². The number of aromatic nitrogens is 4. The van der Waals surface area contributed by atoms with Gasteiger partial charge in [-0.05, 0) is 59.8 Å². The lowest BCUT2D eigenvalue weighted by Gasteiger charge is -2.34. The van der Waals surface area contributed by atoms with E-state index in [1.54, 1.807) is 17.9 Å². The van der Waals surface area contributed by atoms with Crippen LogP contribution in [-0.4, -0.2) is 75.8 Å². The van der Waals surface area contributed by atoms with Crippen LogP contribution in [0.15, 0.2) is 48.5 Å². The summed E-state index contributed by atoms with van der Waals surface area (Å²) in [5.74, 6) is 2.29. The number of carbonyl (C=O) groups excluding carboxylic acids is 1. The Morgan fingerprint density at radius 1 is 1.03 bits per heavy atom. The Kier molecular flexibility index (Phi) is 6.42. The predicted octanol–water partition coefficient (Wildman–Crippen LogP) is 2.03. The first kappa shape index (κ1) is 20.8. The monoisotopic (exact) mass is 422 g/mol. The van der Waals surface area contributed by atoms with Crippen LogP contribution in [0.2, 0.25) is 0 Å². The zero-order chi connectivity index (χ0) is 21.6. The fourth-order valence-corrected chi connectivity index (χ4v) is 3.60. The fraction of sp³-hybridized carbons (Fsp3) is 0.364. The van der Waals surface area contributed by atoms with Gasteiger partial charge in [-0.25, -0.2) is 0 Å². The molecule has 0 N–H and O–H groups in total. The smallest absolute Gasteiger partial charge is 0.254 e. The summed E-state index contributed by atoms with van der Waals surface area (Å²) >= 11 is 0. The molecule has 2 heterocycles. The lowest BCUT2D eigenvalue weighted by molar-refractivity contribution is 0.0624. The molecule has 2 aromatic carbocycles. The van der Waals surface area contributed by atoms with Gasteiger partial charge in [0.2, 0.25) is 0 Å². The minimum absolute atomic E-state index is 0.0257. The van der Waals surface area contributed by atoms with Crippen molar-refractivity contribution in [3.05, 3.63) is 59.9 Å². The molecule has 1 fully saturated rings. The third-order valence-corrected chi connectivity index (χ3v) is 5.27. The molecule has 1 saturated heterocycles. The molecular weight excluding hydrogens is 396 g/mol. The molecule has 0 atom stereocenters. The molecule has 0 spiro atoms. The number of methoxy groups -OCH3 is 1. The highest BCUT2D eigenvalue weighted by atomic mass is 16.5. The van der Waals surface area contributed by atoms with E-state index in [9.17, 15) is 4.79 Å². The Morgan fingerprint density at radius 3 is 2.52 bits per heavy atom. The number of nitrogens with zero attached hydrogens (tertiary/aromatic N) is 6. The van der Waals surface area contributed by atoms with Gasteiger partial charge < -0.3 is 14.4 Å². The van der Waals surface area contributed by atoms with Gasteiger partial charge in [0, 0.05) is 31.7 Å². The summed E-state index contributed by atoms with van der Waals surface area (Å²) in [6, 6.07) is 15.0. The maximum absolute atomic E-state index is 12.8. The summed E-state index contributed by atoms with van der Waals surface area (Å²) in [6.45, 7) is 6.01. The van der Waals surface area contributed by atoms with Crippen LogP contribution in [0.5, 0.6) is 11.5 Å². The number of carbonyl (C=O) groups is 1. The van der Waals surface area contributed by atoms with Gasteiger partial charge in [0.15, 0.2) is 5.82 Å². The molecule has 0 bridgehead atoms. The second-order valence-corrected chi connectivity index (χ2v) is 7.23. The molecule has 31 heavy (non-hydrogen) atoms. The number of benzene rings is 2. The summed E-state index contributed by atoms with van der Waals surface area (Å²) in [5.41, 5.74) is 1.53. The fourth-order valence-electron chi connectivity index (χ4n) is 3.60. The molecule has 1 aliphatic rings. The van der Waals surface area contributed by atoms with Crippen molar-refractivity contribution in [2.24, 2.45) is 0 Å². The number of rotatable bonds is 7. The van der Waals surface area contributed by atoms with Crippen LogP contribution in [0.4, 0.5) is 0 Å². The summed E-state index contributed by atoms with van der Waals surface area (Å²) < 4.78 is 12.5. The van der Waals surface area contributed by atoms with Crippen LogP contribution in [0, 0.1) is 0 Å². The van der Waals surface area contributed by atoms with Crippen LogP contribution < -0.4 is 9.47 Å². The molecule has 3 aromatic rings. The Labute approximate surface area is 181 Å². The van der Waals surface area contributed by atoms with Gasteiger partial charge in [-0.2, -0.15) is 4.68 Å². The van der Waals surface area contributed by atoms with E-state index in [0.717, 1.165) is 30.4 Å². The maximum atomic E-state index is 12.8. The first-order chi connectivity index (χ1) is 15.2. The molecule has 4 rings (SSSR count). The van der Waals surface area contributed by atoms with E-state index in [1.807, 2.05) is 54.3 Å². The van der Waals surface area contributed by atoms with Gasteiger partial charge >= 0.3 is 0 Å². The first-order valence-corrected chi connectivity index (χ1v) is 10.3. The summed E-state index contributed by atoms with van der Waals surface area (Å²) in [4.78, 5) is 16.9. The van der Waals surface area contributed by atoms with Crippen LogP contribution in [0.1, 0.15) is 23.1 Å². The Bertz CT molecular complexity index is 1010. The molecule has 1 aromatic heterocycles. The quantitative estimate of drug-likeness (QED) is 0.576. The topological polar surface area (TPSA) is 85.6 Å². The lowest BCUT2D eigenvalue weighted by Crippen LogP contribution is -2.48. The largest absolute Gasteiger partial charge is 0.497 e. The van der Waals surface area contributed by atoms with Crippen LogP contribution in [0.3, 0.4) is 0 Å². The third-order valence-electron chi connectivity index (χ3n) is 5.27. The van der Waals surface area contributed by atoms with E-state index in [-0.39, 0.29) is 5.91 Å². The minimum atomic E-state index is 0.0257. The van der Waals surface area contributed by atoms with Gasteiger partial charge in [-0.1, -0.05) is 6.07 Å². The molecule has 9 heteroatoms. The zero-order valence-electron chi connectivity index (χ0n) is 17.8. The highest BCUT2D eigenvalue weighted by Crippen LogP contribution is 2.18. The molecule has 9 nitrogen and oxygen atoms in total. The Morgan fingerprint density at radius 2 is 1.81 bits per heavy atom. The normalized spacial score (nSPS) is 14.5. The highest BCUT2D eigenvalue weighted by Gasteiger charge is 2.24. The minimum Gasteiger partial charge on any atom is -0.497 e. The van der Waals surface area contributed by atoms with Crippen molar-refractivity contribution in [2.75, 3.05) is 39.9 Å². The third kappa shape index (κ3) is 4.83. The Balaban J connectivity index is 1.36. The van der Waals surface area contributed by atoms with Crippen molar-refractivity contribution in [1.82, 2.24) is 30.0 Å². The number of ether oxygens (including phenoxy) is 2. The molecule has 1 amide bonds. The zero-order valence-corrected chi connectivity index (χ0v) is 17.8. The standard InChI is InChI=1S/C22H26N6O3/c1-3-31-19-9-7-18(8-10-19)28-21(23-24-25-28)16-26-11-13-27(14-12-26)22(29)17-5-4-6-20(15-17)30-2/h4-10,15H,3,11-14,16H2,1-2H3. The average Bonchev–Trinajstić information content (AvgIpc) is 3.28. The van der Waals surface area contributed by atoms with Crippen molar-refractivity contribution >= 4 is 5.91 Å². The van der Waals surface area contributed by atoms with Crippen LogP contribution >= 0.6 is 0 Å². The van der Waals surface area contributed by atoms with Gasteiger partial charge in [0.05, 0.1) is 25.9 Å². The van der Waals surface area contributed by atoms with Gasteiger partial charge in [0.25, 0.3) is 5.91 Å². The number of piperazine rings is 1. The molecular formula is C22H26N6O3. The second-order valence-electron chi connectivity index (χ2n) is 7.23. The SMILES string of the molecule is CCOc1ccc(-n2nnnc2CN2CCN(C(=O)c3cccc(OC)c3)CC2)cc1. The van der Waals surface area contributed by atoms with Crippen molar-refractivity contribution < 1.29 is 14.3 Å². The van der Waals surface area contributed by atoms with E-state index in [0.29, 0.717) is 37.6 Å². The molecule has 0 aliphatic carbocycles. The molecule has 1 aliphatic heterocycles. The van der Waals surface area contributed by atoms with Gasteiger partial charge in [-0.15, -0.1) is 5.10 Å². The van der Waals surface area contributed by atoms with Gasteiger partial charge in [-0.3, -0.25) is 9.69 Å². The molecule has 0 radical (unpaired) electrons. The molecule has 0 saturated carbocycles. The molecule has 162 valence electrons. The van der Waals surface area contributed by atoms with E-state index in [4.69, 9.17) is 9.47 Å². The first-order valence-electron chi connectivity index (χ1n) is 10.3. The number of tetrazole rings is 1. The van der Waals surface area contributed by atoms with Crippen molar-refractivity contribution in [3.63, 3.8) is 0 Å². The van der Waals surface area contributed by atoms with Crippen molar-refractivity contribution in [3.8, 4) is 17.2 Å². The maximum Gasteiger partial charge on any atom is 0.254 e. The van der Waals surface area contributed by atoms with E-state index >= 15 is 0 Å². The summed E-state index contributed by atoms with van der Waals surface area (Å²) in [6.07, 6.45) is 0. The summed E-state index contributed by atoms with van der Waals surface area (Å²) in [7, 11) is 1.60. The lowest BCUT2D eigenvalue weighted by atomic mass is 10.1. The highest BCUT2D eigenvalue weighted by molar-refractivity contribution is 5.94. The second kappa shape index (κ2) is 9.57. The van der Waals surface area contributed by atoms with Crippen LogP contribution in [-0.2, 0) is 6.54 Å². The van der Waals surface area contributed by atoms with E-state index in [2.05, 4.69) is 20.4 Å². The van der Waals surface area contributed by atoms with Crippen LogP contribution in [0.25, 0.3) is 5.69 Å². The van der Waals surface area contributed by atoms with Crippen molar-refractivity contribution in [2.45, 2.75) is 13.5 Å². The number of hydrogen-bond donors (Lipinski definition) is 0. The number of amides is 1. The van der Waals surface area contributed by atoms with E-state index < -0.39 is 0 Å².